The predicted molar refractivity (Wildman–Crippen MR) is 134 cm³/mol. The van der Waals surface area contributed by atoms with Gasteiger partial charge in [0.15, 0.2) is 0 Å². The summed E-state index contributed by atoms with van der Waals surface area (Å²) in [6.45, 7) is 17.8. The Kier molecular flexibility index (Phi) is 5.92. The Hall–Kier alpha value is -0.960. The van der Waals surface area contributed by atoms with E-state index in [-0.39, 0.29) is 33.5 Å². The largest absolute Gasteiger partial charge is 0.390 e. The molecule has 33 heavy (non-hydrogen) atoms. The SMILES string of the molecule is CC(C)=CCCC(C)(O)C1CCC2(C)C1C(=O)CC1C3(C)CCC(=O)C(C)(C)C3CCC12C. The number of carbonyl (C=O) groups is 2. The van der Waals surface area contributed by atoms with Crippen LogP contribution in [0, 0.1) is 45.3 Å². The molecule has 4 aliphatic rings. The molecule has 8 atom stereocenters. The molecule has 186 valence electrons. The molecule has 0 amide bonds. The van der Waals surface area contributed by atoms with E-state index >= 15 is 0 Å². The summed E-state index contributed by atoms with van der Waals surface area (Å²) in [6.07, 6.45) is 10.2. The minimum absolute atomic E-state index is 0.0398. The van der Waals surface area contributed by atoms with Crippen LogP contribution in [0.4, 0.5) is 0 Å². The molecular weight excluding hydrogens is 408 g/mol. The van der Waals surface area contributed by atoms with E-state index in [1.807, 2.05) is 6.92 Å². The lowest BCUT2D eigenvalue weighted by molar-refractivity contribution is -0.205. The number of Topliss-reactive ketones (excluding diaryl/α,β-unsaturated/α-hetero) is 2. The second kappa shape index (κ2) is 7.77. The molecule has 0 radical (unpaired) electrons. The average molecular weight is 457 g/mol. The maximum absolute atomic E-state index is 14.0. The molecule has 0 bridgehead atoms. The van der Waals surface area contributed by atoms with E-state index in [0.717, 1.165) is 44.9 Å². The van der Waals surface area contributed by atoms with Crippen molar-refractivity contribution in [3.63, 3.8) is 0 Å². The highest BCUT2D eigenvalue weighted by Crippen LogP contribution is 2.74. The van der Waals surface area contributed by atoms with E-state index in [1.54, 1.807) is 0 Å². The van der Waals surface area contributed by atoms with E-state index in [4.69, 9.17) is 0 Å². The second-order valence-electron chi connectivity index (χ2n) is 14.1. The summed E-state index contributed by atoms with van der Waals surface area (Å²) in [6, 6.07) is 0. The van der Waals surface area contributed by atoms with Crippen LogP contribution in [0.15, 0.2) is 11.6 Å². The molecule has 1 N–H and O–H groups in total. The summed E-state index contributed by atoms with van der Waals surface area (Å²) >= 11 is 0. The lowest BCUT2D eigenvalue weighted by atomic mass is 9.35. The minimum atomic E-state index is -0.812. The van der Waals surface area contributed by atoms with Crippen molar-refractivity contribution in [1.82, 2.24) is 0 Å². The van der Waals surface area contributed by atoms with Crippen LogP contribution in [0.2, 0.25) is 0 Å². The van der Waals surface area contributed by atoms with Crippen molar-refractivity contribution in [3.8, 4) is 0 Å². The first-order valence-corrected chi connectivity index (χ1v) is 13.5. The first kappa shape index (κ1) is 25.1. The smallest absolute Gasteiger partial charge is 0.138 e. The molecule has 3 nitrogen and oxygen atoms in total. The maximum Gasteiger partial charge on any atom is 0.138 e. The zero-order valence-corrected chi connectivity index (χ0v) is 22.5. The second-order valence-corrected chi connectivity index (χ2v) is 14.1. The number of hydrogen-bond acceptors (Lipinski definition) is 3. The van der Waals surface area contributed by atoms with Crippen LogP contribution in [0.5, 0.6) is 0 Å². The van der Waals surface area contributed by atoms with Crippen molar-refractivity contribution in [1.29, 1.82) is 0 Å². The van der Waals surface area contributed by atoms with Crippen molar-refractivity contribution in [2.75, 3.05) is 0 Å². The van der Waals surface area contributed by atoms with Crippen LogP contribution in [0.3, 0.4) is 0 Å². The van der Waals surface area contributed by atoms with Gasteiger partial charge in [-0.25, -0.2) is 0 Å². The summed E-state index contributed by atoms with van der Waals surface area (Å²) in [5.74, 6) is 1.50. The Morgan fingerprint density at radius 1 is 1.00 bits per heavy atom. The molecule has 0 aromatic heterocycles. The van der Waals surface area contributed by atoms with E-state index < -0.39 is 5.60 Å². The molecule has 0 aromatic rings. The van der Waals surface area contributed by atoms with Crippen LogP contribution in [0.1, 0.15) is 113 Å². The van der Waals surface area contributed by atoms with E-state index in [2.05, 4.69) is 54.5 Å². The molecule has 0 heterocycles. The fourth-order valence-corrected chi connectivity index (χ4v) is 9.77. The van der Waals surface area contributed by atoms with E-state index in [0.29, 0.717) is 36.2 Å². The molecule has 0 aromatic carbocycles. The highest BCUT2D eigenvalue weighted by Gasteiger charge is 2.71. The normalized spacial score (nSPS) is 46.1. The van der Waals surface area contributed by atoms with Gasteiger partial charge < -0.3 is 5.11 Å². The van der Waals surface area contributed by atoms with Gasteiger partial charge in [-0.1, -0.05) is 46.3 Å². The number of carbonyl (C=O) groups excluding carboxylic acids is 2. The van der Waals surface area contributed by atoms with Crippen molar-refractivity contribution >= 4 is 11.6 Å². The third-order valence-electron chi connectivity index (χ3n) is 11.9. The van der Waals surface area contributed by atoms with Gasteiger partial charge in [0, 0.05) is 24.2 Å². The number of aliphatic hydroxyl groups is 1. The fourth-order valence-electron chi connectivity index (χ4n) is 9.77. The summed E-state index contributed by atoms with van der Waals surface area (Å²) in [4.78, 5) is 26.8. The van der Waals surface area contributed by atoms with Gasteiger partial charge in [0.25, 0.3) is 0 Å². The highest BCUT2D eigenvalue weighted by molar-refractivity contribution is 5.86. The maximum atomic E-state index is 14.0. The summed E-state index contributed by atoms with van der Waals surface area (Å²) < 4.78 is 0. The third kappa shape index (κ3) is 3.46. The van der Waals surface area contributed by atoms with Gasteiger partial charge in [0.1, 0.15) is 11.6 Å². The highest BCUT2D eigenvalue weighted by atomic mass is 16.3. The molecular formula is C30H48O3. The standard InChI is InChI=1S/C30H48O3/c1-19(2)10-9-14-30(8,33)20-11-16-29(7)25(20)21(31)18-23-27(5)15-13-24(32)26(3,4)22(27)12-17-28(23,29)6/h10,20,22-23,25,33H,9,11-18H2,1-8H3. The first-order valence-electron chi connectivity index (χ1n) is 13.5. The van der Waals surface area contributed by atoms with E-state index in [1.165, 1.54) is 5.57 Å². The Morgan fingerprint density at radius 2 is 1.64 bits per heavy atom. The van der Waals surface area contributed by atoms with Gasteiger partial charge in [-0.15, -0.1) is 0 Å². The zero-order chi connectivity index (χ0) is 24.6. The monoisotopic (exact) mass is 456 g/mol. The lowest BCUT2D eigenvalue weighted by Crippen LogP contribution is -2.65. The van der Waals surface area contributed by atoms with Crippen LogP contribution in [-0.4, -0.2) is 22.3 Å². The summed E-state index contributed by atoms with van der Waals surface area (Å²) in [5, 5.41) is 11.6. The van der Waals surface area contributed by atoms with Crippen LogP contribution >= 0.6 is 0 Å². The van der Waals surface area contributed by atoms with E-state index in [9.17, 15) is 14.7 Å². The van der Waals surface area contributed by atoms with Gasteiger partial charge in [-0.3, -0.25) is 9.59 Å². The van der Waals surface area contributed by atoms with Crippen molar-refractivity contribution in [3.05, 3.63) is 11.6 Å². The molecule has 3 heteroatoms. The van der Waals surface area contributed by atoms with Crippen LogP contribution < -0.4 is 0 Å². The topological polar surface area (TPSA) is 54.4 Å². The number of hydrogen-bond donors (Lipinski definition) is 1. The lowest BCUT2D eigenvalue weighted by Gasteiger charge is -2.68. The quantitative estimate of drug-likeness (QED) is 0.467. The first-order chi connectivity index (χ1) is 15.1. The Labute approximate surface area is 202 Å². The van der Waals surface area contributed by atoms with Gasteiger partial charge >= 0.3 is 0 Å². The zero-order valence-electron chi connectivity index (χ0n) is 22.5. The molecule has 0 aliphatic heterocycles. The van der Waals surface area contributed by atoms with Gasteiger partial charge in [-0.2, -0.15) is 0 Å². The van der Waals surface area contributed by atoms with Gasteiger partial charge in [0.05, 0.1) is 5.60 Å². The van der Waals surface area contributed by atoms with Crippen molar-refractivity contribution in [2.24, 2.45) is 45.3 Å². The molecule has 4 rings (SSSR count). The van der Waals surface area contributed by atoms with Crippen molar-refractivity contribution < 1.29 is 14.7 Å². The Bertz CT molecular complexity index is 862. The Morgan fingerprint density at radius 3 is 2.27 bits per heavy atom. The third-order valence-corrected chi connectivity index (χ3v) is 11.9. The van der Waals surface area contributed by atoms with Gasteiger partial charge in [0.2, 0.25) is 0 Å². The molecule has 0 spiro atoms. The van der Waals surface area contributed by atoms with Crippen LogP contribution in [-0.2, 0) is 9.59 Å². The van der Waals surface area contributed by atoms with Gasteiger partial charge in [-0.05, 0) is 99.7 Å². The number of allylic oxidation sites excluding steroid dienone is 2. The molecule has 0 saturated heterocycles. The molecule has 4 aliphatic carbocycles. The number of rotatable bonds is 4. The summed E-state index contributed by atoms with van der Waals surface area (Å²) in [7, 11) is 0. The molecule has 4 saturated carbocycles. The Balaban J connectivity index is 1.68. The predicted octanol–water partition coefficient (Wildman–Crippen LogP) is 6.92. The molecule has 4 fully saturated rings. The minimum Gasteiger partial charge on any atom is -0.390 e. The fraction of sp³-hybridized carbons (Fsp3) is 0.867. The average Bonchev–Trinajstić information content (AvgIpc) is 3.08. The van der Waals surface area contributed by atoms with Crippen molar-refractivity contribution in [2.45, 2.75) is 119 Å². The number of ketones is 2. The summed E-state index contributed by atoms with van der Waals surface area (Å²) in [5.41, 5.74) is 0.230. The molecule has 8 unspecified atom stereocenters. The number of fused-ring (bicyclic) bond motifs is 5. The van der Waals surface area contributed by atoms with Crippen LogP contribution in [0.25, 0.3) is 0 Å².